The Bertz CT molecular complexity index is 1230. The van der Waals surface area contributed by atoms with Crippen LogP contribution in [0.1, 0.15) is 17.0 Å². The zero-order valence-corrected chi connectivity index (χ0v) is 14.8. The SMILES string of the molecule is Cc1noc(C)c1Cn1c(=O)n(-c2ccccc2F)c(=O)c2sccc21. The van der Waals surface area contributed by atoms with Gasteiger partial charge in [0.1, 0.15) is 16.3 Å². The van der Waals surface area contributed by atoms with Gasteiger partial charge >= 0.3 is 5.69 Å². The summed E-state index contributed by atoms with van der Waals surface area (Å²) >= 11 is 1.22. The molecule has 0 aliphatic rings. The molecule has 0 unspecified atom stereocenters. The number of fused-ring (bicyclic) bond motifs is 1. The van der Waals surface area contributed by atoms with E-state index in [9.17, 15) is 14.0 Å². The number of para-hydroxylation sites is 1. The monoisotopic (exact) mass is 371 g/mol. The normalized spacial score (nSPS) is 11.3. The molecule has 26 heavy (non-hydrogen) atoms. The molecule has 0 bridgehead atoms. The van der Waals surface area contributed by atoms with Crippen molar-refractivity contribution in [1.29, 1.82) is 0 Å². The van der Waals surface area contributed by atoms with Gasteiger partial charge in [0.25, 0.3) is 5.56 Å². The summed E-state index contributed by atoms with van der Waals surface area (Å²) in [6.07, 6.45) is 0. The van der Waals surface area contributed by atoms with Crippen LogP contribution in [-0.4, -0.2) is 14.3 Å². The first-order chi connectivity index (χ1) is 12.5. The maximum Gasteiger partial charge on any atom is 0.336 e. The van der Waals surface area contributed by atoms with Gasteiger partial charge in [0.15, 0.2) is 0 Å². The fourth-order valence-electron chi connectivity index (χ4n) is 2.97. The Hall–Kier alpha value is -3.00. The van der Waals surface area contributed by atoms with E-state index < -0.39 is 17.1 Å². The van der Waals surface area contributed by atoms with Gasteiger partial charge in [-0.3, -0.25) is 9.36 Å². The quantitative estimate of drug-likeness (QED) is 0.555. The van der Waals surface area contributed by atoms with Gasteiger partial charge in [-0.05, 0) is 37.4 Å². The summed E-state index contributed by atoms with van der Waals surface area (Å²) in [6, 6.07) is 7.44. The fraction of sp³-hybridized carbons (Fsp3) is 0.167. The maximum absolute atomic E-state index is 14.3. The van der Waals surface area contributed by atoms with E-state index in [0.717, 1.165) is 10.1 Å². The average Bonchev–Trinajstić information content (AvgIpc) is 3.22. The van der Waals surface area contributed by atoms with Crippen molar-refractivity contribution in [3.05, 3.63) is 79.4 Å². The molecule has 0 atom stereocenters. The largest absolute Gasteiger partial charge is 0.361 e. The highest BCUT2D eigenvalue weighted by Gasteiger charge is 2.19. The van der Waals surface area contributed by atoms with Crippen LogP contribution < -0.4 is 11.2 Å². The molecule has 1 aromatic carbocycles. The van der Waals surface area contributed by atoms with Crippen LogP contribution in [0.4, 0.5) is 4.39 Å². The zero-order chi connectivity index (χ0) is 18.4. The van der Waals surface area contributed by atoms with Crippen LogP contribution in [0.2, 0.25) is 0 Å². The fourth-order valence-corrected chi connectivity index (χ4v) is 3.80. The highest BCUT2D eigenvalue weighted by Crippen LogP contribution is 2.20. The van der Waals surface area contributed by atoms with E-state index in [2.05, 4.69) is 5.16 Å². The molecule has 0 fully saturated rings. The standard InChI is InChI=1S/C18H14FN3O3S/c1-10-12(11(2)25-20-10)9-21-15-7-8-26-16(15)17(23)22(18(21)24)14-6-4-3-5-13(14)19/h3-8H,9H2,1-2H3. The summed E-state index contributed by atoms with van der Waals surface area (Å²) in [7, 11) is 0. The highest BCUT2D eigenvalue weighted by atomic mass is 32.1. The number of hydrogen-bond donors (Lipinski definition) is 0. The lowest BCUT2D eigenvalue weighted by Gasteiger charge is -2.12. The van der Waals surface area contributed by atoms with Gasteiger partial charge in [0.05, 0.1) is 23.4 Å². The number of benzene rings is 1. The zero-order valence-electron chi connectivity index (χ0n) is 14.0. The van der Waals surface area contributed by atoms with Crippen LogP contribution in [0.25, 0.3) is 15.9 Å². The van der Waals surface area contributed by atoms with Crippen molar-refractivity contribution in [3.63, 3.8) is 0 Å². The molecule has 3 heterocycles. The number of rotatable bonds is 3. The number of nitrogens with zero attached hydrogens (tertiary/aromatic N) is 3. The van der Waals surface area contributed by atoms with E-state index in [0.29, 0.717) is 21.7 Å². The summed E-state index contributed by atoms with van der Waals surface area (Å²) in [6.45, 7) is 3.73. The van der Waals surface area contributed by atoms with Crippen LogP contribution in [0, 0.1) is 19.7 Å². The van der Waals surface area contributed by atoms with Gasteiger partial charge in [0.2, 0.25) is 0 Å². The molecule has 0 aliphatic carbocycles. The number of hydrogen-bond acceptors (Lipinski definition) is 5. The van der Waals surface area contributed by atoms with Gasteiger partial charge in [-0.2, -0.15) is 0 Å². The number of halogens is 1. The molecular formula is C18H14FN3O3S. The minimum absolute atomic E-state index is 0.0645. The highest BCUT2D eigenvalue weighted by molar-refractivity contribution is 7.17. The number of thiophene rings is 1. The lowest BCUT2D eigenvalue weighted by molar-refractivity contribution is 0.392. The Morgan fingerprint density at radius 2 is 1.96 bits per heavy atom. The van der Waals surface area contributed by atoms with E-state index in [-0.39, 0.29) is 12.2 Å². The summed E-state index contributed by atoms with van der Waals surface area (Å²) in [5.41, 5.74) is 0.744. The van der Waals surface area contributed by atoms with Crippen molar-refractivity contribution < 1.29 is 8.91 Å². The summed E-state index contributed by atoms with van der Waals surface area (Å²) in [5.74, 6) is -0.0343. The van der Waals surface area contributed by atoms with Crippen LogP contribution in [0.15, 0.2) is 49.8 Å². The molecule has 0 saturated heterocycles. The molecule has 132 valence electrons. The van der Waals surface area contributed by atoms with E-state index in [1.54, 1.807) is 31.4 Å². The Morgan fingerprint density at radius 1 is 1.19 bits per heavy atom. The first-order valence-corrected chi connectivity index (χ1v) is 8.76. The van der Waals surface area contributed by atoms with E-state index >= 15 is 0 Å². The number of aromatic nitrogens is 3. The smallest absolute Gasteiger partial charge is 0.336 e. The average molecular weight is 371 g/mol. The summed E-state index contributed by atoms with van der Waals surface area (Å²) in [4.78, 5) is 25.9. The lowest BCUT2D eigenvalue weighted by Crippen LogP contribution is -2.39. The van der Waals surface area contributed by atoms with E-state index in [1.807, 2.05) is 0 Å². The second kappa shape index (κ2) is 6.06. The Kier molecular flexibility index (Phi) is 3.84. The first kappa shape index (κ1) is 16.5. The molecule has 0 radical (unpaired) electrons. The van der Waals surface area contributed by atoms with Crippen LogP contribution in [-0.2, 0) is 6.54 Å². The van der Waals surface area contributed by atoms with Crippen molar-refractivity contribution >= 4 is 21.6 Å². The third-order valence-electron chi connectivity index (χ3n) is 4.35. The molecule has 0 saturated carbocycles. The van der Waals surface area contributed by atoms with Crippen molar-refractivity contribution in [1.82, 2.24) is 14.3 Å². The number of aryl methyl sites for hydroxylation is 2. The van der Waals surface area contributed by atoms with Crippen molar-refractivity contribution in [2.75, 3.05) is 0 Å². The predicted octanol–water partition coefficient (Wildman–Crippen LogP) is 3.01. The third-order valence-corrected chi connectivity index (χ3v) is 5.24. The Morgan fingerprint density at radius 3 is 2.65 bits per heavy atom. The van der Waals surface area contributed by atoms with Crippen LogP contribution >= 0.6 is 11.3 Å². The minimum atomic E-state index is -0.633. The molecule has 3 aromatic heterocycles. The maximum atomic E-state index is 14.3. The van der Waals surface area contributed by atoms with Crippen molar-refractivity contribution in [2.24, 2.45) is 0 Å². The first-order valence-electron chi connectivity index (χ1n) is 7.88. The lowest BCUT2D eigenvalue weighted by atomic mass is 10.2. The van der Waals surface area contributed by atoms with Gasteiger partial charge in [0, 0.05) is 5.56 Å². The van der Waals surface area contributed by atoms with Crippen molar-refractivity contribution in [3.8, 4) is 5.69 Å². The molecular weight excluding hydrogens is 357 g/mol. The molecule has 4 rings (SSSR count). The van der Waals surface area contributed by atoms with Gasteiger partial charge < -0.3 is 4.52 Å². The van der Waals surface area contributed by atoms with E-state index in [4.69, 9.17) is 4.52 Å². The second-order valence-corrected chi connectivity index (χ2v) is 6.81. The van der Waals surface area contributed by atoms with E-state index in [1.165, 1.54) is 34.1 Å². The van der Waals surface area contributed by atoms with Crippen molar-refractivity contribution in [2.45, 2.75) is 20.4 Å². The predicted molar refractivity (Wildman–Crippen MR) is 96.7 cm³/mol. The molecule has 0 aliphatic heterocycles. The second-order valence-electron chi connectivity index (χ2n) is 5.90. The molecule has 4 aromatic rings. The molecule has 8 heteroatoms. The Balaban J connectivity index is 2.05. The van der Waals surface area contributed by atoms with Crippen LogP contribution in [0.3, 0.4) is 0 Å². The van der Waals surface area contributed by atoms with Crippen LogP contribution in [0.5, 0.6) is 0 Å². The Labute approximate surface area is 150 Å². The topological polar surface area (TPSA) is 70.0 Å². The summed E-state index contributed by atoms with van der Waals surface area (Å²) < 4.78 is 22.2. The molecule has 0 spiro atoms. The summed E-state index contributed by atoms with van der Waals surface area (Å²) in [5, 5.41) is 5.64. The minimum Gasteiger partial charge on any atom is -0.361 e. The van der Waals surface area contributed by atoms with Gasteiger partial charge in [-0.15, -0.1) is 11.3 Å². The molecule has 6 nitrogen and oxygen atoms in total. The molecule has 0 amide bonds. The van der Waals surface area contributed by atoms with Gasteiger partial charge in [-0.1, -0.05) is 17.3 Å². The third kappa shape index (κ3) is 2.41. The van der Waals surface area contributed by atoms with Gasteiger partial charge in [-0.25, -0.2) is 13.8 Å². The molecule has 0 N–H and O–H groups in total.